The van der Waals surface area contributed by atoms with Crippen molar-refractivity contribution < 1.29 is 0 Å². The summed E-state index contributed by atoms with van der Waals surface area (Å²) in [6, 6.07) is 0. The zero-order chi connectivity index (χ0) is 10.8. The molecule has 2 heteroatoms. The van der Waals surface area contributed by atoms with E-state index < -0.39 is 0 Å². The molecule has 0 aliphatic carbocycles. The van der Waals surface area contributed by atoms with Gasteiger partial charge in [0.05, 0.1) is 0 Å². The number of hydrogen-bond acceptors (Lipinski definition) is 2. The van der Waals surface area contributed by atoms with Gasteiger partial charge in [0, 0.05) is 0 Å². The Labute approximate surface area is 89.9 Å². The average molecular weight is 200 g/mol. The number of nitrogens with one attached hydrogen (secondary N) is 2. The minimum atomic E-state index is 0.740. The van der Waals surface area contributed by atoms with Gasteiger partial charge in [-0.25, -0.2) is 0 Å². The Morgan fingerprint density at radius 3 is 1.93 bits per heavy atom. The molecule has 0 aromatic heterocycles. The van der Waals surface area contributed by atoms with Crippen molar-refractivity contribution in [2.24, 2.45) is 11.8 Å². The highest BCUT2D eigenvalue weighted by Gasteiger charge is 2.04. The summed E-state index contributed by atoms with van der Waals surface area (Å²) in [4.78, 5) is 0. The van der Waals surface area contributed by atoms with Crippen molar-refractivity contribution in [3.05, 3.63) is 0 Å². The predicted octanol–water partition coefficient (Wildman–Crippen LogP) is 2.26. The third kappa shape index (κ3) is 7.34. The van der Waals surface area contributed by atoms with Gasteiger partial charge in [0.2, 0.25) is 0 Å². The van der Waals surface area contributed by atoms with E-state index in [0.717, 1.165) is 31.5 Å². The molecular formula is C12H28N2. The van der Waals surface area contributed by atoms with E-state index in [1.807, 2.05) is 0 Å². The lowest BCUT2D eigenvalue weighted by molar-refractivity contribution is 0.412. The summed E-state index contributed by atoms with van der Waals surface area (Å²) in [5.74, 6) is 1.60. The Balaban J connectivity index is 3.33. The maximum absolute atomic E-state index is 3.56. The molecule has 14 heavy (non-hydrogen) atoms. The largest absolute Gasteiger partial charge is 0.317 e. The lowest BCUT2D eigenvalue weighted by atomic mass is 10.0. The molecule has 0 bridgehead atoms. The Kier molecular flexibility index (Phi) is 9.42. The standard InChI is InChI=1S/C12H28N2/c1-5-12(6-2)10-14-9-11(4)8-13-7-3/h11-14H,5-10H2,1-4H3. The molecule has 0 heterocycles. The van der Waals surface area contributed by atoms with Gasteiger partial charge in [-0.05, 0) is 38.0 Å². The van der Waals surface area contributed by atoms with Crippen LogP contribution in [-0.2, 0) is 0 Å². The molecule has 0 saturated carbocycles. The fourth-order valence-corrected chi connectivity index (χ4v) is 1.57. The fraction of sp³-hybridized carbons (Fsp3) is 1.00. The zero-order valence-electron chi connectivity index (χ0n) is 10.4. The van der Waals surface area contributed by atoms with Gasteiger partial charge in [-0.2, -0.15) is 0 Å². The molecule has 0 aliphatic heterocycles. The van der Waals surface area contributed by atoms with Crippen LogP contribution in [0.15, 0.2) is 0 Å². The van der Waals surface area contributed by atoms with Crippen LogP contribution in [-0.4, -0.2) is 26.2 Å². The first-order chi connectivity index (χ1) is 6.74. The normalized spacial score (nSPS) is 13.5. The van der Waals surface area contributed by atoms with Crippen molar-refractivity contribution in [3.8, 4) is 0 Å². The van der Waals surface area contributed by atoms with Gasteiger partial charge in [-0.1, -0.05) is 40.5 Å². The summed E-state index contributed by atoms with van der Waals surface area (Å²) >= 11 is 0. The predicted molar refractivity (Wildman–Crippen MR) is 64.6 cm³/mol. The minimum Gasteiger partial charge on any atom is -0.317 e. The van der Waals surface area contributed by atoms with Gasteiger partial charge in [-0.3, -0.25) is 0 Å². The smallest absolute Gasteiger partial charge is 0.00109 e. The molecule has 0 saturated heterocycles. The molecule has 0 amide bonds. The van der Waals surface area contributed by atoms with Crippen molar-refractivity contribution in [1.29, 1.82) is 0 Å². The second-order valence-electron chi connectivity index (χ2n) is 4.25. The molecule has 0 aromatic rings. The van der Waals surface area contributed by atoms with Crippen molar-refractivity contribution in [2.75, 3.05) is 26.2 Å². The first-order valence-electron chi connectivity index (χ1n) is 6.15. The van der Waals surface area contributed by atoms with Gasteiger partial charge in [0.25, 0.3) is 0 Å². The van der Waals surface area contributed by atoms with Crippen LogP contribution in [0.25, 0.3) is 0 Å². The van der Waals surface area contributed by atoms with Gasteiger partial charge in [0.15, 0.2) is 0 Å². The first-order valence-corrected chi connectivity index (χ1v) is 6.15. The summed E-state index contributed by atoms with van der Waals surface area (Å²) in [7, 11) is 0. The summed E-state index contributed by atoms with van der Waals surface area (Å²) in [5, 5.41) is 6.93. The Bertz CT molecular complexity index is 111. The van der Waals surface area contributed by atoms with Gasteiger partial charge in [-0.15, -0.1) is 0 Å². The Morgan fingerprint density at radius 1 is 0.857 bits per heavy atom. The van der Waals surface area contributed by atoms with E-state index in [1.165, 1.54) is 19.4 Å². The first kappa shape index (κ1) is 13.9. The van der Waals surface area contributed by atoms with Crippen LogP contribution < -0.4 is 10.6 Å². The third-order valence-corrected chi connectivity index (χ3v) is 2.82. The summed E-state index contributed by atoms with van der Waals surface area (Å²) in [6.07, 6.45) is 2.59. The highest BCUT2D eigenvalue weighted by atomic mass is 14.9. The van der Waals surface area contributed by atoms with Gasteiger partial charge in [0.1, 0.15) is 0 Å². The van der Waals surface area contributed by atoms with Crippen molar-refractivity contribution in [2.45, 2.75) is 40.5 Å². The highest BCUT2D eigenvalue weighted by molar-refractivity contribution is 4.63. The van der Waals surface area contributed by atoms with Crippen LogP contribution >= 0.6 is 0 Å². The molecular weight excluding hydrogens is 172 g/mol. The van der Waals surface area contributed by atoms with Crippen LogP contribution in [0.5, 0.6) is 0 Å². The van der Waals surface area contributed by atoms with E-state index in [-0.39, 0.29) is 0 Å². The summed E-state index contributed by atoms with van der Waals surface area (Å²) in [5.41, 5.74) is 0. The second kappa shape index (κ2) is 9.47. The molecule has 0 fully saturated rings. The van der Waals surface area contributed by atoms with Crippen LogP contribution in [0.2, 0.25) is 0 Å². The van der Waals surface area contributed by atoms with Crippen LogP contribution in [0.1, 0.15) is 40.5 Å². The molecule has 0 aromatic carbocycles. The van der Waals surface area contributed by atoms with E-state index in [4.69, 9.17) is 0 Å². The maximum atomic E-state index is 3.56. The van der Waals surface area contributed by atoms with Gasteiger partial charge < -0.3 is 10.6 Å². The fourth-order valence-electron chi connectivity index (χ4n) is 1.57. The minimum absolute atomic E-state index is 0.740. The maximum Gasteiger partial charge on any atom is -0.00109 e. The van der Waals surface area contributed by atoms with Crippen LogP contribution in [0.3, 0.4) is 0 Å². The molecule has 1 atom stereocenters. The lowest BCUT2D eigenvalue weighted by Gasteiger charge is -2.16. The van der Waals surface area contributed by atoms with Crippen molar-refractivity contribution in [3.63, 3.8) is 0 Å². The van der Waals surface area contributed by atoms with Crippen molar-refractivity contribution >= 4 is 0 Å². The SMILES string of the molecule is CCNCC(C)CNCC(CC)CC. The molecule has 2 nitrogen and oxygen atoms in total. The van der Waals surface area contributed by atoms with E-state index >= 15 is 0 Å². The molecule has 0 radical (unpaired) electrons. The summed E-state index contributed by atoms with van der Waals surface area (Å²) < 4.78 is 0. The average Bonchev–Trinajstić information content (AvgIpc) is 2.21. The molecule has 2 N–H and O–H groups in total. The van der Waals surface area contributed by atoms with Crippen molar-refractivity contribution in [1.82, 2.24) is 10.6 Å². The Morgan fingerprint density at radius 2 is 1.43 bits per heavy atom. The van der Waals surface area contributed by atoms with Crippen LogP contribution in [0, 0.1) is 11.8 Å². The molecule has 1 unspecified atom stereocenters. The number of rotatable bonds is 9. The van der Waals surface area contributed by atoms with Gasteiger partial charge >= 0.3 is 0 Å². The highest BCUT2D eigenvalue weighted by Crippen LogP contribution is 2.05. The molecule has 86 valence electrons. The van der Waals surface area contributed by atoms with Crippen LogP contribution in [0.4, 0.5) is 0 Å². The van der Waals surface area contributed by atoms with E-state index in [9.17, 15) is 0 Å². The number of hydrogen-bond donors (Lipinski definition) is 2. The molecule has 0 aliphatic rings. The molecule has 0 rings (SSSR count). The van der Waals surface area contributed by atoms with E-state index in [0.29, 0.717) is 0 Å². The van der Waals surface area contributed by atoms with E-state index in [2.05, 4.69) is 38.3 Å². The quantitative estimate of drug-likeness (QED) is 0.596. The Hall–Kier alpha value is -0.0800. The zero-order valence-corrected chi connectivity index (χ0v) is 10.4. The van der Waals surface area contributed by atoms with E-state index in [1.54, 1.807) is 0 Å². The summed E-state index contributed by atoms with van der Waals surface area (Å²) in [6.45, 7) is 13.5. The topological polar surface area (TPSA) is 24.1 Å². The monoisotopic (exact) mass is 200 g/mol. The second-order valence-corrected chi connectivity index (χ2v) is 4.25. The molecule has 0 spiro atoms. The lowest BCUT2D eigenvalue weighted by Crippen LogP contribution is -2.32. The third-order valence-electron chi connectivity index (χ3n) is 2.82.